The minimum Gasteiger partial charge on any atom is -0.466 e. The number of hydrogen-bond acceptors (Lipinski definition) is 10. The van der Waals surface area contributed by atoms with Crippen LogP contribution in [0.3, 0.4) is 0 Å². The maximum absolute atomic E-state index is 13.0. The number of sulfonamides is 1. The Morgan fingerprint density at radius 1 is 1.34 bits per heavy atom. The van der Waals surface area contributed by atoms with Crippen molar-refractivity contribution in [1.82, 2.24) is 9.29 Å². The van der Waals surface area contributed by atoms with Gasteiger partial charge < -0.3 is 10.1 Å². The van der Waals surface area contributed by atoms with E-state index in [0.29, 0.717) is 12.8 Å². The average Bonchev–Trinajstić information content (AvgIpc) is 3.27. The number of ether oxygens (including phenoxy) is 1. The summed E-state index contributed by atoms with van der Waals surface area (Å²) in [5.74, 6) is -1.02. The first kappa shape index (κ1) is 23.8. The number of Topliss-reactive ketones (excluding diaryl/α,β-unsaturated/α-hetero) is 1. The molecule has 1 aromatic carbocycles. The molecular formula is C19H22N4O7S2. The van der Waals surface area contributed by atoms with E-state index in [1.807, 2.05) is 0 Å². The number of ketones is 1. The topological polar surface area (TPSA) is 149 Å². The van der Waals surface area contributed by atoms with Crippen LogP contribution in [0.1, 0.15) is 30.1 Å². The Bertz CT molecular complexity index is 1110. The lowest BCUT2D eigenvalue weighted by atomic mass is 9.98. The lowest BCUT2D eigenvalue weighted by molar-refractivity contribution is -0.380. The summed E-state index contributed by atoms with van der Waals surface area (Å²) >= 11 is 0.800. The van der Waals surface area contributed by atoms with Gasteiger partial charge in [0.05, 0.1) is 28.9 Å². The van der Waals surface area contributed by atoms with E-state index in [0.717, 1.165) is 17.5 Å². The number of rotatable bonds is 9. The van der Waals surface area contributed by atoms with Gasteiger partial charge in [0.2, 0.25) is 10.0 Å². The second-order valence-electron chi connectivity index (χ2n) is 7.00. The smallest absolute Gasteiger partial charge is 0.345 e. The third kappa shape index (κ3) is 5.47. The molecule has 0 aliphatic carbocycles. The molecule has 0 amide bonds. The molecule has 1 N–H and O–H groups in total. The number of hydrogen-bond donors (Lipinski definition) is 1. The number of thiazole rings is 1. The van der Waals surface area contributed by atoms with Crippen LogP contribution in [0, 0.1) is 16.0 Å². The van der Waals surface area contributed by atoms with Crippen LogP contribution in [0.2, 0.25) is 0 Å². The second kappa shape index (κ2) is 10.1. The summed E-state index contributed by atoms with van der Waals surface area (Å²) in [5.41, 5.74) is 0.186. The zero-order valence-electron chi connectivity index (χ0n) is 17.2. The van der Waals surface area contributed by atoms with Crippen molar-refractivity contribution in [1.29, 1.82) is 0 Å². The van der Waals surface area contributed by atoms with Crippen molar-refractivity contribution in [2.45, 2.75) is 24.7 Å². The molecule has 11 nitrogen and oxygen atoms in total. The van der Waals surface area contributed by atoms with Gasteiger partial charge in [0.1, 0.15) is 6.20 Å². The molecule has 0 spiro atoms. The van der Waals surface area contributed by atoms with E-state index < -0.39 is 14.9 Å². The van der Waals surface area contributed by atoms with Crippen LogP contribution in [-0.4, -0.2) is 60.6 Å². The number of esters is 1. The summed E-state index contributed by atoms with van der Waals surface area (Å²) in [6.45, 7) is 2.19. The standard InChI is InChI=1S/C19H22N4O7S2/c1-2-30-18(25)13-6-8-22(9-7-13)32(28,29)15-5-3-4-14(10-15)16(24)11-20-19-21-12-17(31-19)23(26)27/h3-5,10,12-13H,2,6-9,11H2,1H3,(H,20,21). The molecule has 2 aromatic rings. The molecular weight excluding hydrogens is 460 g/mol. The number of carbonyl (C=O) groups excluding carboxylic acids is 2. The molecule has 1 aliphatic heterocycles. The fourth-order valence-electron chi connectivity index (χ4n) is 3.26. The summed E-state index contributed by atoms with van der Waals surface area (Å²) in [7, 11) is -3.83. The largest absolute Gasteiger partial charge is 0.466 e. The van der Waals surface area contributed by atoms with Crippen LogP contribution in [0.4, 0.5) is 10.1 Å². The fourth-order valence-corrected chi connectivity index (χ4v) is 5.40. The summed E-state index contributed by atoms with van der Waals surface area (Å²) < 4.78 is 32.4. The van der Waals surface area contributed by atoms with E-state index in [-0.39, 0.29) is 64.5 Å². The van der Waals surface area contributed by atoms with Gasteiger partial charge in [0.25, 0.3) is 0 Å². The second-order valence-corrected chi connectivity index (χ2v) is 9.94. The summed E-state index contributed by atoms with van der Waals surface area (Å²) in [6, 6.07) is 5.71. The minimum atomic E-state index is -3.83. The zero-order chi connectivity index (χ0) is 23.3. The molecule has 0 radical (unpaired) electrons. The zero-order valence-corrected chi connectivity index (χ0v) is 18.9. The molecule has 0 bridgehead atoms. The van der Waals surface area contributed by atoms with E-state index in [2.05, 4.69) is 10.3 Å². The predicted octanol–water partition coefficient (Wildman–Crippen LogP) is 2.31. The quantitative estimate of drug-likeness (QED) is 0.246. The highest BCUT2D eigenvalue weighted by atomic mass is 32.2. The average molecular weight is 483 g/mol. The molecule has 3 rings (SSSR count). The maximum atomic E-state index is 13.0. The van der Waals surface area contributed by atoms with Gasteiger partial charge in [-0.05, 0) is 43.2 Å². The van der Waals surface area contributed by atoms with Crippen molar-refractivity contribution >= 4 is 43.2 Å². The SMILES string of the molecule is CCOC(=O)C1CCN(S(=O)(=O)c2cccc(C(=O)CNc3ncc([N+](=O)[O-])s3)c2)CC1. The Hall–Kier alpha value is -2.90. The Kier molecular flexibility index (Phi) is 7.53. The summed E-state index contributed by atoms with van der Waals surface area (Å²) in [5, 5.41) is 13.5. The van der Waals surface area contributed by atoms with Crippen molar-refractivity contribution < 1.29 is 27.7 Å². The third-order valence-electron chi connectivity index (χ3n) is 4.94. The molecule has 0 unspecified atom stereocenters. The van der Waals surface area contributed by atoms with E-state index in [4.69, 9.17) is 4.74 Å². The molecule has 0 saturated carbocycles. The molecule has 1 aromatic heterocycles. The van der Waals surface area contributed by atoms with Crippen LogP contribution in [0.25, 0.3) is 0 Å². The van der Waals surface area contributed by atoms with Gasteiger partial charge in [0, 0.05) is 18.7 Å². The monoisotopic (exact) mass is 482 g/mol. The van der Waals surface area contributed by atoms with Gasteiger partial charge in [-0.1, -0.05) is 12.1 Å². The van der Waals surface area contributed by atoms with Gasteiger partial charge in [-0.15, -0.1) is 0 Å². The van der Waals surface area contributed by atoms with Gasteiger partial charge in [0.15, 0.2) is 10.9 Å². The van der Waals surface area contributed by atoms with Gasteiger partial charge in [-0.25, -0.2) is 13.4 Å². The van der Waals surface area contributed by atoms with Crippen LogP contribution in [-0.2, 0) is 19.6 Å². The predicted molar refractivity (Wildman–Crippen MR) is 116 cm³/mol. The van der Waals surface area contributed by atoms with Crippen LogP contribution in [0.15, 0.2) is 35.4 Å². The molecule has 32 heavy (non-hydrogen) atoms. The van der Waals surface area contributed by atoms with Crippen molar-refractivity contribution in [2.75, 3.05) is 31.6 Å². The first-order chi connectivity index (χ1) is 15.2. The van der Waals surface area contributed by atoms with E-state index in [1.165, 1.54) is 28.6 Å². The molecule has 1 aliphatic rings. The Labute approximate surface area is 188 Å². The Morgan fingerprint density at radius 2 is 2.06 bits per heavy atom. The lowest BCUT2D eigenvalue weighted by Crippen LogP contribution is -2.40. The Morgan fingerprint density at radius 3 is 2.69 bits per heavy atom. The van der Waals surface area contributed by atoms with Gasteiger partial charge in [-0.2, -0.15) is 4.31 Å². The molecule has 13 heteroatoms. The van der Waals surface area contributed by atoms with Crippen LogP contribution >= 0.6 is 11.3 Å². The minimum absolute atomic E-state index is 0.0113. The number of aromatic nitrogens is 1. The van der Waals surface area contributed by atoms with Crippen molar-refractivity contribution in [3.05, 3.63) is 46.1 Å². The fraction of sp³-hybridized carbons (Fsp3) is 0.421. The third-order valence-corrected chi connectivity index (χ3v) is 7.74. The number of nitrogens with one attached hydrogen (secondary N) is 1. The van der Waals surface area contributed by atoms with Crippen molar-refractivity contribution in [3.63, 3.8) is 0 Å². The van der Waals surface area contributed by atoms with E-state index >= 15 is 0 Å². The maximum Gasteiger partial charge on any atom is 0.345 e. The first-order valence-electron chi connectivity index (χ1n) is 9.86. The first-order valence-corrected chi connectivity index (χ1v) is 12.1. The summed E-state index contributed by atoms with van der Waals surface area (Å²) in [6.07, 6.45) is 1.84. The molecule has 172 valence electrons. The molecule has 1 saturated heterocycles. The Balaban J connectivity index is 1.64. The highest BCUT2D eigenvalue weighted by Gasteiger charge is 2.33. The summed E-state index contributed by atoms with van der Waals surface area (Å²) in [4.78, 5) is 38.3. The number of piperidine rings is 1. The van der Waals surface area contributed by atoms with Crippen LogP contribution < -0.4 is 5.32 Å². The number of nitrogens with zero attached hydrogens (tertiary/aromatic N) is 3. The lowest BCUT2D eigenvalue weighted by Gasteiger charge is -2.30. The normalized spacial score (nSPS) is 15.3. The highest BCUT2D eigenvalue weighted by Crippen LogP contribution is 2.26. The van der Waals surface area contributed by atoms with Crippen LogP contribution in [0.5, 0.6) is 0 Å². The molecule has 0 atom stereocenters. The van der Waals surface area contributed by atoms with Gasteiger partial charge >= 0.3 is 11.0 Å². The van der Waals surface area contributed by atoms with E-state index in [9.17, 15) is 28.1 Å². The molecule has 2 heterocycles. The number of carbonyl (C=O) groups is 2. The highest BCUT2D eigenvalue weighted by molar-refractivity contribution is 7.89. The van der Waals surface area contributed by atoms with Crippen molar-refractivity contribution in [2.24, 2.45) is 5.92 Å². The van der Waals surface area contributed by atoms with E-state index in [1.54, 1.807) is 6.92 Å². The number of anilines is 1. The molecule has 1 fully saturated rings. The number of benzene rings is 1. The van der Waals surface area contributed by atoms with Crippen molar-refractivity contribution in [3.8, 4) is 0 Å². The van der Waals surface area contributed by atoms with Gasteiger partial charge in [-0.3, -0.25) is 19.7 Å². The number of nitro groups is 1.